The minimum absolute atomic E-state index is 0.113. The summed E-state index contributed by atoms with van der Waals surface area (Å²) >= 11 is 0. The fourth-order valence-corrected chi connectivity index (χ4v) is 2.86. The van der Waals surface area contributed by atoms with Gasteiger partial charge in [-0.05, 0) is 19.1 Å². The molecule has 0 fully saturated rings. The number of ether oxygens (including phenoxy) is 1. The van der Waals surface area contributed by atoms with Gasteiger partial charge in [0, 0.05) is 31.8 Å². The van der Waals surface area contributed by atoms with E-state index in [1.807, 2.05) is 0 Å². The lowest BCUT2D eigenvalue weighted by Crippen LogP contribution is -2.32. The van der Waals surface area contributed by atoms with Crippen LogP contribution in [-0.2, 0) is 14.3 Å². The molecule has 3 heterocycles. The van der Waals surface area contributed by atoms with Crippen LogP contribution in [0.3, 0.4) is 0 Å². The molecule has 24 heavy (non-hydrogen) atoms. The number of carbonyl (C=O) groups is 3. The Kier molecular flexibility index (Phi) is 3.92. The Morgan fingerprint density at radius 2 is 2.00 bits per heavy atom. The fraction of sp³-hybridized carbons (Fsp3) is 0.294. The molecule has 0 N–H and O–H groups in total. The third-order valence-corrected chi connectivity index (χ3v) is 3.90. The topological polar surface area (TPSA) is 81.5 Å². The first-order valence-corrected chi connectivity index (χ1v) is 7.60. The van der Waals surface area contributed by atoms with Crippen molar-refractivity contribution >= 4 is 40.6 Å². The van der Waals surface area contributed by atoms with E-state index in [0.717, 1.165) is 0 Å². The van der Waals surface area contributed by atoms with Crippen molar-refractivity contribution in [3.8, 4) is 0 Å². The first-order valence-electron chi connectivity index (χ1n) is 7.60. The second kappa shape index (κ2) is 5.92. The van der Waals surface area contributed by atoms with Crippen molar-refractivity contribution in [1.82, 2.24) is 9.55 Å². The molecule has 0 atom stereocenters. The number of hydrogen-bond donors (Lipinski definition) is 0. The van der Waals surface area contributed by atoms with Gasteiger partial charge in [-0.1, -0.05) is 0 Å². The van der Waals surface area contributed by atoms with Crippen LogP contribution in [0.4, 0.5) is 5.69 Å². The van der Waals surface area contributed by atoms with Crippen LogP contribution in [0.15, 0.2) is 24.0 Å². The van der Waals surface area contributed by atoms with Crippen molar-refractivity contribution in [3.05, 3.63) is 29.6 Å². The minimum atomic E-state index is -0.478. The van der Waals surface area contributed by atoms with Gasteiger partial charge in [0.1, 0.15) is 5.65 Å². The van der Waals surface area contributed by atoms with E-state index in [4.69, 9.17) is 4.74 Å². The Labute approximate surface area is 138 Å². The average molecular weight is 327 g/mol. The Hall–Kier alpha value is -2.96. The lowest BCUT2D eigenvalue weighted by atomic mass is 10.1. The Balaban J connectivity index is 2.30. The molecule has 0 unspecified atom stereocenters. The van der Waals surface area contributed by atoms with Gasteiger partial charge in [-0.2, -0.15) is 0 Å². The van der Waals surface area contributed by atoms with Gasteiger partial charge in [0.25, 0.3) is 0 Å². The number of carbonyl (C=O) groups excluding carboxylic acids is 3. The van der Waals surface area contributed by atoms with Crippen molar-refractivity contribution in [1.29, 1.82) is 0 Å². The van der Waals surface area contributed by atoms with Crippen LogP contribution in [0.5, 0.6) is 0 Å². The molecule has 124 valence electrons. The lowest BCUT2D eigenvalue weighted by molar-refractivity contribution is -0.138. The zero-order chi connectivity index (χ0) is 17.4. The van der Waals surface area contributed by atoms with Gasteiger partial charge in [0.15, 0.2) is 0 Å². The average Bonchev–Trinajstić information content (AvgIpc) is 2.80. The summed E-state index contributed by atoms with van der Waals surface area (Å²) in [4.78, 5) is 42.0. The number of rotatable bonds is 2. The highest BCUT2D eigenvalue weighted by Crippen LogP contribution is 2.34. The molecule has 0 bridgehead atoms. The first-order chi connectivity index (χ1) is 11.4. The third kappa shape index (κ3) is 2.47. The highest BCUT2D eigenvalue weighted by atomic mass is 16.5. The molecule has 0 spiro atoms. The van der Waals surface area contributed by atoms with E-state index in [0.29, 0.717) is 27.9 Å². The van der Waals surface area contributed by atoms with Gasteiger partial charge in [0.2, 0.25) is 11.8 Å². The van der Waals surface area contributed by atoms with Gasteiger partial charge >= 0.3 is 5.97 Å². The monoisotopic (exact) mass is 327 g/mol. The smallest absolute Gasteiger partial charge is 0.335 e. The summed E-state index contributed by atoms with van der Waals surface area (Å²) in [5.74, 6) is -0.883. The summed E-state index contributed by atoms with van der Waals surface area (Å²) in [7, 11) is 0. The van der Waals surface area contributed by atoms with Gasteiger partial charge in [-0.15, -0.1) is 0 Å². The zero-order valence-electron chi connectivity index (χ0n) is 13.7. The molecular weight excluding hydrogens is 310 g/mol. The number of esters is 1. The van der Waals surface area contributed by atoms with Crippen molar-refractivity contribution in [2.24, 2.45) is 0 Å². The molecular formula is C17H17N3O4. The molecule has 0 aliphatic carbocycles. The number of nitrogens with zero attached hydrogens (tertiary/aromatic N) is 3. The summed E-state index contributed by atoms with van der Waals surface area (Å²) in [5.41, 5.74) is 2.10. The summed E-state index contributed by atoms with van der Waals surface area (Å²) in [6, 6.07) is 1.71. The predicted molar refractivity (Wildman–Crippen MR) is 88.7 cm³/mol. The van der Waals surface area contributed by atoms with E-state index in [9.17, 15) is 14.4 Å². The maximum absolute atomic E-state index is 12.2. The largest absolute Gasteiger partial charge is 0.463 e. The first kappa shape index (κ1) is 15.9. The van der Waals surface area contributed by atoms with E-state index >= 15 is 0 Å². The predicted octanol–water partition coefficient (Wildman–Crippen LogP) is 2.01. The molecule has 1 amide bonds. The Morgan fingerprint density at radius 3 is 2.62 bits per heavy atom. The molecule has 1 aliphatic rings. The quantitative estimate of drug-likeness (QED) is 0.788. The van der Waals surface area contributed by atoms with Gasteiger partial charge in [0.05, 0.1) is 29.8 Å². The van der Waals surface area contributed by atoms with E-state index in [-0.39, 0.29) is 25.0 Å². The molecule has 2 aromatic heterocycles. The van der Waals surface area contributed by atoms with Crippen molar-refractivity contribution in [2.45, 2.75) is 20.8 Å². The highest BCUT2D eigenvalue weighted by molar-refractivity contribution is 6.11. The van der Waals surface area contributed by atoms with Gasteiger partial charge < -0.3 is 9.64 Å². The standard InChI is InChI=1S/C17H17N3O4/c1-4-24-17(23)13-7-12-8-20(11(3)22)16-15(12)14(5-6-18-16)19(9-13)10(2)21/h5-8H,4,9H2,1-3H3. The van der Waals surface area contributed by atoms with Crippen molar-refractivity contribution in [3.63, 3.8) is 0 Å². The van der Waals surface area contributed by atoms with Gasteiger partial charge in [-0.3, -0.25) is 14.2 Å². The molecule has 0 aromatic carbocycles. The SMILES string of the molecule is CCOC(=O)C1=Cc2cn(C(C)=O)c3nccc(c23)N(C(C)=O)C1. The zero-order valence-corrected chi connectivity index (χ0v) is 13.7. The molecule has 7 nitrogen and oxygen atoms in total. The summed E-state index contributed by atoms with van der Waals surface area (Å²) in [6.07, 6.45) is 4.84. The maximum atomic E-state index is 12.2. The van der Waals surface area contributed by atoms with E-state index in [2.05, 4.69) is 4.98 Å². The van der Waals surface area contributed by atoms with Crippen LogP contribution < -0.4 is 4.90 Å². The molecule has 0 saturated carbocycles. The van der Waals surface area contributed by atoms with Crippen molar-refractivity contribution in [2.75, 3.05) is 18.1 Å². The third-order valence-electron chi connectivity index (χ3n) is 3.90. The van der Waals surface area contributed by atoms with E-state index < -0.39 is 5.97 Å². The lowest BCUT2D eigenvalue weighted by Gasteiger charge is -2.21. The van der Waals surface area contributed by atoms with Crippen molar-refractivity contribution < 1.29 is 19.1 Å². The number of hydrogen-bond acceptors (Lipinski definition) is 5. The normalized spacial score (nSPS) is 13.5. The molecule has 0 saturated heterocycles. The summed E-state index contributed by atoms with van der Waals surface area (Å²) < 4.78 is 6.49. The summed E-state index contributed by atoms with van der Waals surface area (Å²) in [6.45, 7) is 4.95. The van der Waals surface area contributed by atoms with Crippen LogP contribution >= 0.6 is 0 Å². The number of pyridine rings is 1. The fourth-order valence-electron chi connectivity index (χ4n) is 2.86. The second-order valence-corrected chi connectivity index (χ2v) is 5.50. The van der Waals surface area contributed by atoms with Crippen LogP contribution in [-0.4, -0.2) is 40.5 Å². The second-order valence-electron chi connectivity index (χ2n) is 5.50. The van der Waals surface area contributed by atoms with E-state index in [1.54, 1.807) is 31.5 Å². The molecule has 3 rings (SSSR count). The highest BCUT2D eigenvalue weighted by Gasteiger charge is 2.27. The van der Waals surface area contributed by atoms with Crippen LogP contribution in [0.1, 0.15) is 31.1 Å². The van der Waals surface area contributed by atoms with Crippen LogP contribution in [0, 0.1) is 0 Å². The number of anilines is 1. The molecule has 0 radical (unpaired) electrons. The maximum Gasteiger partial charge on any atom is 0.335 e. The molecule has 7 heteroatoms. The molecule has 2 aromatic rings. The minimum Gasteiger partial charge on any atom is -0.463 e. The Morgan fingerprint density at radius 1 is 1.25 bits per heavy atom. The molecule has 1 aliphatic heterocycles. The van der Waals surface area contributed by atoms with E-state index in [1.165, 1.54) is 23.3 Å². The Bertz CT molecular complexity index is 895. The summed E-state index contributed by atoms with van der Waals surface area (Å²) in [5, 5.41) is 0.669. The number of aromatic nitrogens is 2. The van der Waals surface area contributed by atoms with Crippen LogP contribution in [0.25, 0.3) is 17.1 Å². The number of amides is 1. The van der Waals surface area contributed by atoms with Crippen LogP contribution in [0.2, 0.25) is 0 Å². The van der Waals surface area contributed by atoms with Gasteiger partial charge in [-0.25, -0.2) is 9.78 Å².